The highest BCUT2D eigenvalue weighted by Crippen LogP contribution is 2.30. The molecule has 0 aliphatic carbocycles. The minimum Gasteiger partial charge on any atom is -0.384 e. The molecule has 5 aromatic rings. The summed E-state index contributed by atoms with van der Waals surface area (Å²) in [4.78, 5) is 29.7. The molecule has 1 saturated heterocycles. The zero-order valence-electron chi connectivity index (χ0n) is 24.9. The molecule has 1 fully saturated rings. The van der Waals surface area contributed by atoms with Crippen LogP contribution >= 0.6 is 0 Å². The molecule has 6 rings (SSSR count). The number of hydrogen-bond acceptors (Lipinski definition) is 8. The van der Waals surface area contributed by atoms with E-state index in [1.54, 1.807) is 49.9 Å². The number of aliphatic hydroxyl groups is 1. The fourth-order valence-corrected chi connectivity index (χ4v) is 5.82. The number of nitrogens with zero attached hydrogens (tertiary/aromatic N) is 7. The van der Waals surface area contributed by atoms with Gasteiger partial charge in [-0.25, -0.2) is 19.3 Å². The van der Waals surface area contributed by atoms with Gasteiger partial charge in [0.05, 0.1) is 18.8 Å². The van der Waals surface area contributed by atoms with Gasteiger partial charge in [0.15, 0.2) is 11.5 Å². The Balaban J connectivity index is 1.29. The number of anilines is 2. The van der Waals surface area contributed by atoms with Crippen LogP contribution in [0.25, 0.3) is 27.8 Å². The van der Waals surface area contributed by atoms with E-state index in [9.17, 15) is 9.90 Å². The van der Waals surface area contributed by atoms with E-state index in [-0.39, 0.29) is 12.1 Å². The number of pyridine rings is 1. The number of piperidine rings is 1. The van der Waals surface area contributed by atoms with Gasteiger partial charge in [0, 0.05) is 61.8 Å². The lowest BCUT2D eigenvalue weighted by atomic mass is 10.0. The maximum absolute atomic E-state index is 13.3. The van der Waals surface area contributed by atoms with Crippen LogP contribution in [-0.2, 0) is 16.9 Å². The summed E-state index contributed by atoms with van der Waals surface area (Å²) in [6.45, 7) is 11.3. The maximum atomic E-state index is 13.3. The molecule has 0 amide bonds. The summed E-state index contributed by atoms with van der Waals surface area (Å²) in [5.41, 5.74) is 1.54. The van der Waals surface area contributed by atoms with E-state index in [4.69, 9.17) is 9.72 Å². The summed E-state index contributed by atoms with van der Waals surface area (Å²) in [6, 6.07) is 14.2. The number of aromatic nitrogens is 6. The molecule has 0 atom stereocenters. The van der Waals surface area contributed by atoms with Crippen molar-refractivity contribution < 1.29 is 9.84 Å². The predicted octanol–water partition coefficient (Wildman–Crippen LogP) is 4.37. The summed E-state index contributed by atoms with van der Waals surface area (Å²) in [6.07, 6.45) is 7.60. The van der Waals surface area contributed by atoms with Gasteiger partial charge in [-0.2, -0.15) is 4.98 Å². The normalized spacial score (nSPS) is 15.0. The summed E-state index contributed by atoms with van der Waals surface area (Å²) in [7, 11) is 1.75. The number of nitrogens with one attached hydrogen (secondary N) is 1. The second-order valence-corrected chi connectivity index (χ2v) is 11.5. The summed E-state index contributed by atoms with van der Waals surface area (Å²) >= 11 is 0. The van der Waals surface area contributed by atoms with E-state index < -0.39 is 5.60 Å². The summed E-state index contributed by atoms with van der Waals surface area (Å²) < 4.78 is 10.8. The van der Waals surface area contributed by atoms with Crippen molar-refractivity contribution in [3.63, 3.8) is 0 Å². The lowest BCUT2D eigenvalue weighted by molar-refractivity contribution is 0.0738. The van der Waals surface area contributed by atoms with E-state index in [0.717, 1.165) is 50.2 Å². The van der Waals surface area contributed by atoms with Crippen molar-refractivity contribution in [3.05, 3.63) is 83.6 Å². The predicted molar refractivity (Wildman–Crippen MR) is 168 cm³/mol. The fourth-order valence-electron chi connectivity index (χ4n) is 5.82. The first kappa shape index (κ1) is 28.8. The van der Waals surface area contributed by atoms with Crippen LogP contribution in [0.5, 0.6) is 0 Å². The average molecular weight is 583 g/mol. The van der Waals surface area contributed by atoms with Crippen LogP contribution in [0.3, 0.4) is 0 Å². The molecular formula is C32H38N8O3. The molecule has 0 bridgehead atoms. The van der Waals surface area contributed by atoms with Crippen molar-refractivity contribution in [1.82, 2.24) is 33.8 Å². The molecule has 43 heavy (non-hydrogen) atoms. The Kier molecular flexibility index (Phi) is 7.87. The van der Waals surface area contributed by atoms with Gasteiger partial charge in [-0.05, 0) is 63.1 Å². The van der Waals surface area contributed by atoms with Crippen LogP contribution in [0, 0.1) is 0 Å². The molecule has 1 aromatic carbocycles. The quantitative estimate of drug-likeness (QED) is 0.233. The van der Waals surface area contributed by atoms with Gasteiger partial charge in [0.2, 0.25) is 5.95 Å². The molecule has 224 valence electrons. The Morgan fingerprint density at radius 3 is 2.72 bits per heavy atom. The topological polar surface area (TPSA) is 115 Å². The van der Waals surface area contributed by atoms with Gasteiger partial charge in [0.25, 0.3) is 5.56 Å². The van der Waals surface area contributed by atoms with Gasteiger partial charge >= 0.3 is 0 Å². The Morgan fingerprint density at radius 2 is 1.98 bits per heavy atom. The summed E-state index contributed by atoms with van der Waals surface area (Å²) in [5.74, 6) is 0.823. The number of ether oxygens (including phenoxy) is 1. The number of fused-ring (bicyclic) bond motifs is 2. The van der Waals surface area contributed by atoms with Crippen molar-refractivity contribution in [1.29, 1.82) is 0 Å². The minimum absolute atomic E-state index is 0.246. The smallest absolute Gasteiger partial charge is 0.278 e. The molecule has 5 heterocycles. The number of benzene rings is 1. The third-order valence-corrected chi connectivity index (χ3v) is 8.09. The van der Waals surface area contributed by atoms with Gasteiger partial charge in [-0.1, -0.05) is 12.1 Å². The number of methoxy groups -OCH3 is 1. The van der Waals surface area contributed by atoms with Crippen LogP contribution in [-0.4, -0.2) is 72.2 Å². The van der Waals surface area contributed by atoms with Crippen molar-refractivity contribution in [2.24, 2.45) is 0 Å². The van der Waals surface area contributed by atoms with Crippen molar-refractivity contribution >= 4 is 33.6 Å². The first-order valence-corrected chi connectivity index (χ1v) is 14.7. The van der Waals surface area contributed by atoms with E-state index in [2.05, 4.69) is 55.7 Å². The Labute approximate surface area is 250 Å². The number of likely N-dealkylation sites (tertiary alicyclic amines) is 1. The van der Waals surface area contributed by atoms with E-state index in [0.29, 0.717) is 34.5 Å². The molecule has 0 spiro atoms. The Bertz CT molecular complexity index is 1820. The van der Waals surface area contributed by atoms with Crippen LogP contribution in [0.15, 0.2) is 72.3 Å². The maximum Gasteiger partial charge on any atom is 0.278 e. The van der Waals surface area contributed by atoms with Crippen molar-refractivity contribution in [2.75, 3.05) is 38.7 Å². The Hall–Kier alpha value is -4.32. The molecule has 0 saturated carbocycles. The fraction of sp³-hybridized carbons (Fsp3) is 0.375. The highest BCUT2D eigenvalue weighted by Gasteiger charge is 2.23. The lowest BCUT2D eigenvalue weighted by Gasteiger charge is -2.33. The number of hydrogen-bond donors (Lipinski definition) is 2. The molecule has 4 aromatic heterocycles. The highest BCUT2D eigenvalue weighted by molar-refractivity contribution is 5.85. The first-order valence-electron chi connectivity index (χ1n) is 14.7. The Morgan fingerprint density at radius 1 is 1.16 bits per heavy atom. The second kappa shape index (κ2) is 11.8. The third-order valence-electron chi connectivity index (χ3n) is 8.09. The SMILES string of the molecule is C=CCn1c(=O)c2cnc(Nc3ccc4c(ccn4C4CCN(CCOC)CC4)c3)nc2n1-c1cccc(C(C)(C)O)n1. The average Bonchev–Trinajstić information content (AvgIpc) is 3.54. The molecular weight excluding hydrogens is 544 g/mol. The number of rotatable bonds is 10. The highest BCUT2D eigenvalue weighted by atomic mass is 16.5. The van der Waals surface area contributed by atoms with Gasteiger partial charge in [-0.15, -0.1) is 6.58 Å². The minimum atomic E-state index is -1.15. The van der Waals surface area contributed by atoms with Crippen LogP contribution in [0.4, 0.5) is 11.6 Å². The monoisotopic (exact) mass is 582 g/mol. The van der Waals surface area contributed by atoms with Gasteiger partial charge in [-0.3, -0.25) is 4.79 Å². The molecule has 2 N–H and O–H groups in total. The second-order valence-electron chi connectivity index (χ2n) is 11.5. The summed E-state index contributed by atoms with van der Waals surface area (Å²) in [5, 5.41) is 15.4. The van der Waals surface area contributed by atoms with Crippen molar-refractivity contribution in [2.45, 2.75) is 44.9 Å². The van der Waals surface area contributed by atoms with E-state index >= 15 is 0 Å². The molecule has 1 aliphatic rings. The zero-order chi connectivity index (χ0) is 30.1. The standard InChI is InChI=1S/C32H38N8O3/c1-5-14-39-30(41)25-21-33-31(36-29(25)40(39)28-8-6-7-27(35-28)32(2,3)42)34-23-9-10-26-22(20-23)11-17-38(26)24-12-15-37(16-13-24)18-19-43-4/h5-11,17,20-21,24,42H,1,12-16,18-19H2,2-4H3,(H,33,34,36). The molecule has 11 nitrogen and oxygen atoms in total. The van der Waals surface area contributed by atoms with Gasteiger partial charge < -0.3 is 24.6 Å². The van der Waals surface area contributed by atoms with Crippen LogP contribution in [0.2, 0.25) is 0 Å². The van der Waals surface area contributed by atoms with Gasteiger partial charge in [0.1, 0.15) is 11.0 Å². The largest absolute Gasteiger partial charge is 0.384 e. The van der Waals surface area contributed by atoms with Crippen LogP contribution < -0.4 is 10.9 Å². The third kappa shape index (κ3) is 5.71. The van der Waals surface area contributed by atoms with Crippen LogP contribution in [0.1, 0.15) is 38.4 Å². The lowest BCUT2D eigenvalue weighted by Crippen LogP contribution is -2.36. The first-order chi connectivity index (χ1) is 20.8. The van der Waals surface area contributed by atoms with E-state index in [1.807, 2.05) is 6.07 Å². The van der Waals surface area contributed by atoms with Crippen molar-refractivity contribution in [3.8, 4) is 5.82 Å². The number of allylic oxidation sites excluding steroid dienone is 1. The zero-order valence-corrected chi connectivity index (χ0v) is 24.9. The molecule has 0 unspecified atom stereocenters. The molecule has 0 radical (unpaired) electrons. The molecule has 1 aliphatic heterocycles. The van der Waals surface area contributed by atoms with E-state index in [1.165, 1.54) is 16.4 Å². The molecule has 11 heteroatoms.